The number of nitrogens with one attached hydrogen (secondary N) is 1. The number of benzene rings is 2. The van der Waals surface area contributed by atoms with Crippen molar-refractivity contribution >= 4 is 16.9 Å². The maximum absolute atomic E-state index is 12.2. The number of nitrogens with zero attached hydrogens (tertiary/aromatic N) is 2. The van der Waals surface area contributed by atoms with E-state index < -0.39 is 0 Å². The highest BCUT2D eigenvalue weighted by Gasteiger charge is 2.16. The van der Waals surface area contributed by atoms with Crippen molar-refractivity contribution in [2.75, 3.05) is 19.6 Å². The molecule has 0 saturated heterocycles. The van der Waals surface area contributed by atoms with Crippen molar-refractivity contribution in [2.24, 2.45) is 0 Å². The van der Waals surface area contributed by atoms with Crippen LogP contribution in [0.15, 0.2) is 53.1 Å². The number of hydrogen-bond donors (Lipinski definition) is 1. The van der Waals surface area contributed by atoms with Gasteiger partial charge in [-0.3, -0.25) is 9.69 Å². The van der Waals surface area contributed by atoms with E-state index in [0.29, 0.717) is 12.2 Å². The predicted octanol–water partition coefficient (Wildman–Crippen LogP) is 2.54. The van der Waals surface area contributed by atoms with Gasteiger partial charge < -0.3 is 9.84 Å². The molecule has 1 N–H and O–H groups in total. The Morgan fingerprint density at radius 3 is 2.84 bits per heavy atom. The lowest BCUT2D eigenvalue weighted by Crippen LogP contribution is -2.38. The number of aromatic nitrogens is 1. The molecule has 1 aliphatic rings. The van der Waals surface area contributed by atoms with E-state index in [9.17, 15) is 4.79 Å². The molecule has 5 heteroatoms. The summed E-state index contributed by atoms with van der Waals surface area (Å²) in [7, 11) is 0. The molecular formula is C20H21N3O2. The number of amides is 1. The second kappa shape index (κ2) is 7.07. The average molecular weight is 335 g/mol. The van der Waals surface area contributed by atoms with Gasteiger partial charge in [-0.2, -0.15) is 0 Å². The zero-order valence-electron chi connectivity index (χ0n) is 14.1. The van der Waals surface area contributed by atoms with Gasteiger partial charge in [-0.25, -0.2) is 0 Å². The minimum absolute atomic E-state index is 0.0172. The molecule has 0 spiro atoms. The highest BCUT2D eigenvalue weighted by molar-refractivity contribution is 5.86. The Morgan fingerprint density at radius 1 is 1.12 bits per heavy atom. The Kier molecular flexibility index (Phi) is 4.48. The molecule has 4 rings (SSSR count). The number of para-hydroxylation sites is 1. The molecule has 1 amide bonds. The van der Waals surface area contributed by atoms with Crippen LogP contribution in [0.25, 0.3) is 11.0 Å². The van der Waals surface area contributed by atoms with Crippen LogP contribution >= 0.6 is 0 Å². The molecule has 0 unspecified atom stereocenters. The van der Waals surface area contributed by atoms with Crippen LogP contribution < -0.4 is 5.32 Å². The van der Waals surface area contributed by atoms with Gasteiger partial charge >= 0.3 is 0 Å². The van der Waals surface area contributed by atoms with Gasteiger partial charge in [0.2, 0.25) is 5.91 Å². The van der Waals surface area contributed by atoms with E-state index in [0.717, 1.165) is 37.0 Å². The van der Waals surface area contributed by atoms with Gasteiger partial charge in [0.25, 0.3) is 0 Å². The Labute approximate surface area is 146 Å². The fraction of sp³-hybridized carbons (Fsp3) is 0.300. The third-order valence-corrected chi connectivity index (χ3v) is 4.74. The number of carbonyl (C=O) groups excluding carboxylic acids is 1. The molecule has 0 fully saturated rings. The third kappa shape index (κ3) is 3.56. The van der Waals surface area contributed by atoms with E-state index in [1.807, 2.05) is 24.3 Å². The lowest BCUT2D eigenvalue weighted by atomic mass is 10.00. The first-order chi connectivity index (χ1) is 12.3. The fourth-order valence-corrected chi connectivity index (χ4v) is 3.38. The second-order valence-electron chi connectivity index (χ2n) is 6.45. The highest BCUT2D eigenvalue weighted by Crippen LogP contribution is 2.19. The third-order valence-electron chi connectivity index (χ3n) is 4.74. The van der Waals surface area contributed by atoms with E-state index in [-0.39, 0.29) is 12.3 Å². The van der Waals surface area contributed by atoms with Crippen molar-refractivity contribution < 1.29 is 9.32 Å². The summed E-state index contributed by atoms with van der Waals surface area (Å²) in [5.74, 6) is -0.0172. The molecule has 3 aromatic rings. The minimum Gasteiger partial charge on any atom is -0.356 e. The lowest BCUT2D eigenvalue weighted by molar-refractivity contribution is -0.120. The molecule has 2 aromatic carbocycles. The molecule has 25 heavy (non-hydrogen) atoms. The monoisotopic (exact) mass is 335 g/mol. The summed E-state index contributed by atoms with van der Waals surface area (Å²) < 4.78 is 5.24. The molecule has 0 radical (unpaired) electrons. The van der Waals surface area contributed by atoms with Crippen molar-refractivity contribution in [1.82, 2.24) is 15.4 Å². The zero-order valence-corrected chi connectivity index (χ0v) is 14.1. The quantitative estimate of drug-likeness (QED) is 0.778. The van der Waals surface area contributed by atoms with Gasteiger partial charge in [-0.1, -0.05) is 41.6 Å². The molecule has 1 aliphatic heterocycles. The Balaban J connectivity index is 1.27. The zero-order chi connectivity index (χ0) is 17.1. The van der Waals surface area contributed by atoms with E-state index in [4.69, 9.17) is 4.52 Å². The van der Waals surface area contributed by atoms with Gasteiger partial charge in [-0.15, -0.1) is 0 Å². The molecule has 0 bridgehead atoms. The highest BCUT2D eigenvalue weighted by atomic mass is 16.5. The van der Waals surface area contributed by atoms with Gasteiger partial charge in [0.15, 0.2) is 5.58 Å². The summed E-state index contributed by atoms with van der Waals surface area (Å²) >= 11 is 0. The van der Waals surface area contributed by atoms with Crippen molar-refractivity contribution in [1.29, 1.82) is 0 Å². The topological polar surface area (TPSA) is 58.4 Å². The first-order valence-electron chi connectivity index (χ1n) is 8.69. The van der Waals surface area contributed by atoms with Crippen molar-refractivity contribution in [3.8, 4) is 0 Å². The Hall–Kier alpha value is -2.66. The molecule has 2 heterocycles. The number of hydrogen-bond acceptors (Lipinski definition) is 4. The SMILES string of the molecule is O=C(Cc1noc2ccccc12)NCCN1CCc2ccccc2C1. The van der Waals surface area contributed by atoms with Crippen LogP contribution in [0.3, 0.4) is 0 Å². The normalized spacial score (nSPS) is 14.4. The number of rotatable bonds is 5. The molecular weight excluding hydrogens is 314 g/mol. The Bertz CT molecular complexity index is 887. The van der Waals surface area contributed by atoms with Crippen molar-refractivity contribution in [3.63, 3.8) is 0 Å². The summed E-state index contributed by atoms with van der Waals surface area (Å²) in [6, 6.07) is 16.2. The standard InChI is InChI=1S/C20H21N3O2/c24-20(13-18-17-7-3-4-8-19(17)25-22-18)21-10-12-23-11-9-15-5-1-2-6-16(15)14-23/h1-8H,9-14H2,(H,21,24). The van der Waals surface area contributed by atoms with Gasteiger partial charge in [-0.05, 0) is 29.7 Å². The molecule has 5 nitrogen and oxygen atoms in total. The molecule has 0 saturated carbocycles. The molecule has 128 valence electrons. The first kappa shape index (κ1) is 15.8. The summed E-state index contributed by atoms with van der Waals surface area (Å²) in [4.78, 5) is 14.6. The van der Waals surface area contributed by atoms with Crippen LogP contribution in [0.2, 0.25) is 0 Å². The van der Waals surface area contributed by atoms with Crippen molar-refractivity contribution in [2.45, 2.75) is 19.4 Å². The maximum Gasteiger partial charge on any atom is 0.226 e. The predicted molar refractivity (Wildman–Crippen MR) is 96.1 cm³/mol. The van der Waals surface area contributed by atoms with E-state index in [1.54, 1.807) is 0 Å². The van der Waals surface area contributed by atoms with Crippen LogP contribution in [0.1, 0.15) is 16.8 Å². The minimum atomic E-state index is -0.0172. The summed E-state index contributed by atoms with van der Waals surface area (Å²) in [6.07, 6.45) is 1.33. The van der Waals surface area contributed by atoms with Gasteiger partial charge in [0.05, 0.1) is 6.42 Å². The van der Waals surface area contributed by atoms with E-state index in [2.05, 4.69) is 39.6 Å². The van der Waals surface area contributed by atoms with Crippen LogP contribution in [-0.2, 0) is 24.2 Å². The van der Waals surface area contributed by atoms with E-state index >= 15 is 0 Å². The molecule has 0 atom stereocenters. The summed E-state index contributed by atoms with van der Waals surface area (Å²) in [6.45, 7) is 3.51. The first-order valence-corrected chi connectivity index (χ1v) is 8.69. The smallest absolute Gasteiger partial charge is 0.226 e. The summed E-state index contributed by atoms with van der Waals surface area (Å²) in [5.41, 5.74) is 4.26. The van der Waals surface area contributed by atoms with Gasteiger partial charge in [0.1, 0.15) is 5.69 Å². The fourth-order valence-electron chi connectivity index (χ4n) is 3.38. The van der Waals surface area contributed by atoms with Gasteiger partial charge in [0, 0.05) is 31.6 Å². The summed E-state index contributed by atoms with van der Waals surface area (Å²) in [5, 5.41) is 7.91. The lowest BCUT2D eigenvalue weighted by Gasteiger charge is -2.28. The largest absolute Gasteiger partial charge is 0.356 e. The number of fused-ring (bicyclic) bond motifs is 2. The average Bonchev–Trinajstić information content (AvgIpc) is 3.05. The van der Waals surface area contributed by atoms with E-state index in [1.165, 1.54) is 11.1 Å². The molecule has 1 aromatic heterocycles. The van der Waals surface area contributed by atoms with Crippen LogP contribution in [0, 0.1) is 0 Å². The number of carbonyl (C=O) groups is 1. The van der Waals surface area contributed by atoms with Crippen LogP contribution in [0.4, 0.5) is 0 Å². The van der Waals surface area contributed by atoms with Crippen molar-refractivity contribution in [3.05, 3.63) is 65.4 Å². The second-order valence-corrected chi connectivity index (χ2v) is 6.45. The maximum atomic E-state index is 12.2. The van der Waals surface area contributed by atoms with Crippen LogP contribution in [-0.4, -0.2) is 35.6 Å². The Morgan fingerprint density at radius 2 is 1.92 bits per heavy atom. The van der Waals surface area contributed by atoms with Crippen LogP contribution in [0.5, 0.6) is 0 Å². The molecule has 0 aliphatic carbocycles.